The van der Waals surface area contributed by atoms with Crippen molar-refractivity contribution in [3.8, 4) is 0 Å². The van der Waals surface area contributed by atoms with Gasteiger partial charge in [-0.15, -0.1) is 0 Å². The van der Waals surface area contributed by atoms with Gasteiger partial charge in [-0.05, 0) is 12.2 Å². The first kappa shape index (κ1) is 9.32. The molecule has 0 aliphatic carbocycles. The van der Waals surface area contributed by atoms with E-state index in [1.54, 1.807) is 0 Å². The molecule has 11 heavy (non-hydrogen) atoms. The maximum atomic E-state index is 8.63. The van der Waals surface area contributed by atoms with Crippen LogP contribution in [0, 0.1) is 0 Å². The summed E-state index contributed by atoms with van der Waals surface area (Å²) in [6.07, 6.45) is 1.13. The molecule has 0 aromatic rings. The van der Waals surface area contributed by atoms with E-state index in [0.717, 1.165) is 12.2 Å². The van der Waals surface area contributed by atoms with Gasteiger partial charge in [0.25, 0.3) is 0 Å². The summed E-state index contributed by atoms with van der Waals surface area (Å²) in [4.78, 5) is 0. The van der Waals surface area contributed by atoms with Gasteiger partial charge in [0.2, 0.25) is 0 Å². The molecule has 0 spiro atoms. The third-order valence-corrected chi connectivity index (χ3v) is 3.36. The monoisotopic (exact) mass is 176 g/mol. The Bertz CT molecular complexity index is 115. The van der Waals surface area contributed by atoms with Crippen molar-refractivity contribution < 1.29 is 5.11 Å². The number of hydrogen-bond acceptors (Lipinski definition) is 4. The fourth-order valence-electron chi connectivity index (χ4n) is 1.30. The van der Waals surface area contributed by atoms with Crippen molar-refractivity contribution in [3.63, 3.8) is 0 Å². The highest BCUT2D eigenvalue weighted by Crippen LogP contribution is 2.26. The first-order chi connectivity index (χ1) is 5.33. The van der Waals surface area contributed by atoms with E-state index in [0.29, 0.717) is 13.1 Å². The SMILES string of the molecule is NCC1(NCCO)CCSC1. The van der Waals surface area contributed by atoms with E-state index in [9.17, 15) is 0 Å². The number of β-amino-alcohol motifs (C(OH)–C–C–N with tert-alkyl or cyclic N) is 1. The van der Waals surface area contributed by atoms with Crippen molar-refractivity contribution in [3.05, 3.63) is 0 Å². The standard InChI is InChI=1S/C7H16N2OS/c8-5-7(9-2-3-10)1-4-11-6-7/h9-10H,1-6,8H2. The lowest BCUT2D eigenvalue weighted by Crippen LogP contribution is -2.52. The predicted molar refractivity (Wildman–Crippen MR) is 48.8 cm³/mol. The average molecular weight is 176 g/mol. The molecule has 0 amide bonds. The van der Waals surface area contributed by atoms with Gasteiger partial charge in [0, 0.05) is 24.4 Å². The zero-order chi connectivity index (χ0) is 8.16. The third-order valence-electron chi connectivity index (χ3n) is 2.11. The first-order valence-electron chi connectivity index (χ1n) is 3.97. The van der Waals surface area contributed by atoms with E-state index in [1.807, 2.05) is 11.8 Å². The molecule has 0 aromatic carbocycles. The minimum Gasteiger partial charge on any atom is -0.395 e. The second-order valence-electron chi connectivity index (χ2n) is 2.94. The lowest BCUT2D eigenvalue weighted by atomic mass is 9.99. The van der Waals surface area contributed by atoms with Gasteiger partial charge in [0.15, 0.2) is 0 Å². The molecule has 0 aromatic heterocycles. The maximum Gasteiger partial charge on any atom is 0.0556 e. The molecule has 3 nitrogen and oxygen atoms in total. The molecule has 0 radical (unpaired) electrons. The third kappa shape index (κ3) is 2.33. The highest BCUT2D eigenvalue weighted by molar-refractivity contribution is 7.99. The summed E-state index contributed by atoms with van der Waals surface area (Å²) < 4.78 is 0. The Morgan fingerprint density at radius 2 is 2.45 bits per heavy atom. The van der Waals surface area contributed by atoms with Crippen molar-refractivity contribution in [2.45, 2.75) is 12.0 Å². The quantitative estimate of drug-likeness (QED) is 0.535. The molecular weight excluding hydrogens is 160 g/mol. The summed E-state index contributed by atoms with van der Waals surface area (Å²) in [6.45, 7) is 1.55. The molecule has 1 fully saturated rings. The van der Waals surface area contributed by atoms with Gasteiger partial charge in [-0.3, -0.25) is 0 Å². The Morgan fingerprint density at radius 3 is 2.91 bits per heavy atom. The van der Waals surface area contributed by atoms with Crippen molar-refractivity contribution in [1.82, 2.24) is 5.32 Å². The zero-order valence-electron chi connectivity index (χ0n) is 6.68. The van der Waals surface area contributed by atoms with Crippen molar-refractivity contribution in [2.75, 3.05) is 31.2 Å². The maximum absolute atomic E-state index is 8.63. The summed E-state index contributed by atoms with van der Waals surface area (Å²) in [6, 6.07) is 0. The Morgan fingerprint density at radius 1 is 1.64 bits per heavy atom. The van der Waals surface area contributed by atoms with E-state index < -0.39 is 0 Å². The van der Waals surface area contributed by atoms with Gasteiger partial charge in [0.1, 0.15) is 0 Å². The number of aliphatic hydroxyl groups excluding tert-OH is 1. The van der Waals surface area contributed by atoms with Gasteiger partial charge in [-0.25, -0.2) is 0 Å². The zero-order valence-corrected chi connectivity index (χ0v) is 7.49. The van der Waals surface area contributed by atoms with Gasteiger partial charge in [-0.2, -0.15) is 11.8 Å². The first-order valence-corrected chi connectivity index (χ1v) is 5.12. The molecule has 66 valence electrons. The normalized spacial score (nSPS) is 31.1. The molecule has 1 saturated heterocycles. The van der Waals surface area contributed by atoms with Crippen LogP contribution in [0.4, 0.5) is 0 Å². The van der Waals surface area contributed by atoms with Crippen molar-refractivity contribution in [1.29, 1.82) is 0 Å². The van der Waals surface area contributed by atoms with Crippen LogP contribution in [-0.2, 0) is 0 Å². The lowest BCUT2D eigenvalue weighted by Gasteiger charge is -2.27. The van der Waals surface area contributed by atoms with Crippen LogP contribution in [0.15, 0.2) is 0 Å². The smallest absolute Gasteiger partial charge is 0.0556 e. The van der Waals surface area contributed by atoms with Gasteiger partial charge in [0.05, 0.1) is 6.61 Å². The summed E-state index contributed by atoms with van der Waals surface area (Å²) in [7, 11) is 0. The Balaban J connectivity index is 2.33. The number of nitrogens with two attached hydrogens (primary N) is 1. The second-order valence-corrected chi connectivity index (χ2v) is 4.04. The Labute approximate surface area is 71.7 Å². The van der Waals surface area contributed by atoms with Gasteiger partial charge >= 0.3 is 0 Å². The fourth-order valence-corrected chi connectivity index (χ4v) is 2.74. The number of nitrogens with one attached hydrogen (secondary N) is 1. The van der Waals surface area contributed by atoms with Gasteiger partial charge in [-0.1, -0.05) is 0 Å². The Hall–Kier alpha value is 0.230. The fraction of sp³-hybridized carbons (Fsp3) is 1.00. The highest BCUT2D eigenvalue weighted by Gasteiger charge is 2.31. The van der Waals surface area contributed by atoms with Crippen LogP contribution in [0.5, 0.6) is 0 Å². The molecule has 4 heteroatoms. The summed E-state index contributed by atoms with van der Waals surface area (Å²) in [5.41, 5.74) is 5.77. The molecule has 0 bridgehead atoms. The molecule has 4 N–H and O–H groups in total. The topological polar surface area (TPSA) is 58.3 Å². The molecule has 1 rings (SSSR count). The van der Waals surface area contributed by atoms with E-state index in [-0.39, 0.29) is 12.1 Å². The molecule has 1 unspecified atom stereocenters. The van der Waals surface area contributed by atoms with E-state index in [2.05, 4.69) is 5.32 Å². The largest absolute Gasteiger partial charge is 0.395 e. The number of thioether (sulfide) groups is 1. The molecule has 0 saturated carbocycles. The Kier molecular flexibility index (Phi) is 3.65. The summed E-state index contributed by atoms with van der Waals surface area (Å²) in [5, 5.41) is 11.9. The second kappa shape index (κ2) is 4.30. The molecular formula is C7H16N2OS. The van der Waals surface area contributed by atoms with Crippen LogP contribution in [0.25, 0.3) is 0 Å². The van der Waals surface area contributed by atoms with Gasteiger partial charge < -0.3 is 16.2 Å². The minimum atomic E-state index is 0.118. The van der Waals surface area contributed by atoms with Crippen molar-refractivity contribution in [2.24, 2.45) is 5.73 Å². The molecule has 1 heterocycles. The predicted octanol–water partition coefficient (Wildman–Crippen LogP) is -0.597. The van der Waals surface area contributed by atoms with E-state index >= 15 is 0 Å². The number of rotatable bonds is 4. The van der Waals surface area contributed by atoms with E-state index in [4.69, 9.17) is 10.8 Å². The summed E-state index contributed by atoms with van der Waals surface area (Å²) >= 11 is 1.93. The van der Waals surface area contributed by atoms with Crippen LogP contribution in [-0.4, -0.2) is 41.8 Å². The number of aliphatic hydroxyl groups is 1. The minimum absolute atomic E-state index is 0.118. The van der Waals surface area contributed by atoms with Crippen LogP contribution in [0.2, 0.25) is 0 Å². The lowest BCUT2D eigenvalue weighted by molar-refractivity contribution is 0.263. The van der Waals surface area contributed by atoms with Crippen LogP contribution >= 0.6 is 11.8 Å². The van der Waals surface area contributed by atoms with Crippen LogP contribution in [0.3, 0.4) is 0 Å². The summed E-state index contributed by atoms with van der Waals surface area (Å²) in [5.74, 6) is 2.28. The molecule has 1 atom stereocenters. The number of hydrogen-bond donors (Lipinski definition) is 3. The van der Waals surface area contributed by atoms with E-state index in [1.165, 1.54) is 5.75 Å². The van der Waals surface area contributed by atoms with Crippen LogP contribution < -0.4 is 11.1 Å². The molecule has 1 aliphatic heterocycles. The van der Waals surface area contributed by atoms with Crippen molar-refractivity contribution >= 4 is 11.8 Å². The highest BCUT2D eigenvalue weighted by atomic mass is 32.2. The van der Waals surface area contributed by atoms with Crippen LogP contribution in [0.1, 0.15) is 6.42 Å². The molecule has 1 aliphatic rings. The average Bonchev–Trinajstić information content (AvgIpc) is 2.50.